The van der Waals surface area contributed by atoms with Crippen LogP contribution in [0.3, 0.4) is 0 Å². The number of amides is 1. The molecule has 1 aromatic rings. The van der Waals surface area contributed by atoms with E-state index < -0.39 is 0 Å². The standard InChI is InChI=1S/C15H25N3O2/c1-3-4-5-9-18(2)10-11-20-14-8-6-7-13(12-14)15(19)17-16/h6-8,12H,3-5,9-11,16H2,1-2H3,(H,17,19). The Balaban J connectivity index is 2.33. The summed E-state index contributed by atoms with van der Waals surface area (Å²) in [7, 11) is 2.09. The largest absolute Gasteiger partial charge is 0.492 e. The molecular weight excluding hydrogens is 254 g/mol. The van der Waals surface area contributed by atoms with E-state index in [0.29, 0.717) is 17.9 Å². The lowest BCUT2D eigenvalue weighted by atomic mass is 10.2. The van der Waals surface area contributed by atoms with Crippen LogP contribution in [0.5, 0.6) is 5.75 Å². The van der Waals surface area contributed by atoms with Crippen LogP contribution in [-0.4, -0.2) is 37.6 Å². The fourth-order valence-electron chi connectivity index (χ4n) is 1.87. The number of hydrogen-bond acceptors (Lipinski definition) is 4. The van der Waals surface area contributed by atoms with Crippen LogP contribution in [0.4, 0.5) is 0 Å². The maximum atomic E-state index is 11.4. The first-order valence-corrected chi connectivity index (χ1v) is 7.09. The Labute approximate surface area is 121 Å². The summed E-state index contributed by atoms with van der Waals surface area (Å²) in [5.74, 6) is 5.48. The van der Waals surface area contributed by atoms with Crippen molar-refractivity contribution in [2.45, 2.75) is 26.2 Å². The molecule has 0 bridgehead atoms. The van der Waals surface area contributed by atoms with Crippen molar-refractivity contribution in [1.82, 2.24) is 10.3 Å². The van der Waals surface area contributed by atoms with Gasteiger partial charge in [-0.05, 0) is 38.2 Å². The molecule has 1 aromatic carbocycles. The quantitative estimate of drug-likeness (QED) is 0.313. The summed E-state index contributed by atoms with van der Waals surface area (Å²) in [5.41, 5.74) is 2.61. The van der Waals surface area contributed by atoms with E-state index in [1.165, 1.54) is 19.3 Å². The average molecular weight is 279 g/mol. The third-order valence-corrected chi connectivity index (χ3v) is 3.11. The minimum absolute atomic E-state index is 0.313. The normalized spacial score (nSPS) is 10.6. The molecule has 5 nitrogen and oxygen atoms in total. The first-order valence-electron chi connectivity index (χ1n) is 7.09. The van der Waals surface area contributed by atoms with Gasteiger partial charge in [-0.2, -0.15) is 0 Å². The molecule has 0 aliphatic rings. The van der Waals surface area contributed by atoms with Gasteiger partial charge in [-0.3, -0.25) is 10.2 Å². The van der Waals surface area contributed by atoms with Crippen LogP contribution in [0.1, 0.15) is 36.5 Å². The summed E-state index contributed by atoms with van der Waals surface area (Å²) in [4.78, 5) is 13.7. The number of ether oxygens (including phenoxy) is 1. The van der Waals surface area contributed by atoms with Crippen molar-refractivity contribution in [3.05, 3.63) is 29.8 Å². The van der Waals surface area contributed by atoms with Gasteiger partial charge in [-0.15, -0.1) is 0 Å². The monoisotopic (exact) mass is 279 g/mol. The number of benzene rings is 1. The molecule has 0 aliphatic carbocycles. The highest BCUT2D eigenvalue weighted by Gasteiger charge is 2.05. The first-order chi connectivity index (χ1) is 9.67. The Hall–Kier alpha value is -1.59. The van der Waals surface area contributed by atoms with Gasteiger partial charge in [0.15, 0.2) is 0 Å². The molecule has 0 aromatic heterocycles. The molecule has 5 heteroatoms. The fraction of sp³-hybridized carbons (Fsp3) is 0.533. The van der Waals surface area contributed by atoms with Gasteiger partial charge in [0.1, 0.15) is 12.4 Å². The van der Waals surface area contributed by atoms with Crippen molar-refractivity contribution >= 4 is 5.91 Å². The molecule has 3 N–H and O–H groups in total. The zero-order valence-electron chi connectivity index (χ0n) is 12.4. The van der Waals surface area contributed by atoms with Crippen molar-refractivity contribution in [3.8, 4) is 5.75 Å². The van der Waals surface area contributed by atoms with E-state index in [0.717, 1.165) is 13.1 Å². The van der Waals surface area contributed by atoms with E-state index in [9.17, 15) is 4.79 Å². The van der Waals surface area contributed by atoms with Crippen molar-refractivity contribution in [3.63, 3.8) is 0 Å². The Morgan fingerprint density at radius 2 is 2.15 bits per heavy atom. The molecule has 0 aliphatic heterocycles. The summed E-state index contributed by atoms with van der Waals surface area (Å²) in [6.45, 7) is 4.77. The second-order valence-electron chi connectivity index (χ2n) is 4.86. The SMILES string of the molecule is CCCCCN(C)CCOc1cccc(C(=O)NN)c1. The van der Waals surface area contributed by atoms with Gasteiger partial charge < -0.3 is 9.64 Å². The topological polar surface area (TPSA) is 67.6 Å². The second-order valence-corrected chi connectivity index (χ2v) is 4.86. The smallest absolute Gasteiger partial charge is 0.265 e. The molecule has 1 amide bonds. The van der Waals surface area contributed by atoms with E-state index in [2.05, 4.69) is 24.3 Å². The van der Waals surface area contributed by atoms with Gasteiger partial charge in [0.25, 0.3) is 5.91 Å². The van der Waals surface area contributed by atoms with Crippen LogP contribution in [0.15, 0.2) is 24.3 Å². The predicted octanol–water partition coefficient (Wildman–Crippen LogP) is 1.79. The van der Waals surface area contributed by atoms with Crippen LogP contribution in [0.25, 0.3) is 0 Å². The molecule has 0 spiro atoms. The molecule has 0 radical (unpaired) electrons. The van der Waals surface area contributed by atoms with E-state index in [1.54, 1.807) is 18.2 Å². The maximum absolute atomic E-state index is 11.4. The molecule has 0 atom stereocenters. The Morgan fingerprint density at radius 1 is 1.35 bits per heavy atom. The average Bonchev–Trinajstić information content (AvgIpc) is 2.47. The number of hydrogen-bond donors (Lipinski definition) is 2. The molecule has 0 saturated heterocycles. The minimum atomic E-state index is -0.313. The lowest BCUT2D eigenvalue weighted by Gasteiger charge is -2.16. The number of likely N-dealkylation sites (N-methyl/N-ethyl adjacent to an activating group) is 1. The van der Waals surface area contributed by atoms with Crippen molar-refractivity contribution in [1.29, 1.82) is 0 Å². The van der Waals surface area contributed by atoms with Crippen LogP contribution < -0.4 is 16.0 Å². The summed E-state index contributed by atoms with van der Waals surface area (Å²) in [6.07, 6.45) is 3.72. The minimum Gasteiger partial charge on any atom is -0.492 e. The lowest BCUT2D eigenvalue weighted by Crippen LogP contribution is -2.30. The molecule has 0 heterocycles. The number of nitrogens with two attached hydrogens (primary N) is 1. The molecule has 0 saturated carbocycles. The van der Waals surface area contributed by atoms with Crippen molar-refractivity contribution < 1.29 is 9.53 Å². The van der Waals surface area contributed by atoms with Gasteiger partial charge in [-0.1, -0.05) is 25.8 Å². The van der Waals surface area contributed by atoms with Crippen molar-refractivity contribution in [2.24, 2.45) is 5.84 Å². The number of carbonyl (C=O) groups is 1. The molecular formula is C15H25N3O2. The van der Waals surface area contributed by atoms with Gasteiger partial charge in [-0.25, -0.2) is 5.84 Å². The summed E-state index contributed by atoms with van der Waals surface area (Å²) in [5, 5.41) is 0. The highest BCUT2D eigenvalue weighted by Crippen LogP contribution is 2.13. The summed E-state index contributed by atoms with van der Waals surface area (Å²) in [6, 6.07) is 7.01. The molecule has 20 heavy (non-hydrogen) atoms. The van der Waals surface area contributed by atoms with E-state index in [4.69, 9.17) is 10.6 Å². The lowest BCUT2D eigenvalue weighted by molar-refractivity contribution is 0.0953. The van der Waals surface area contributed by atoms with Crippen LogP contribution >= 0.6 is 0 Å². The second kappa shape index (κ2) is 9.34. The number of nitrogens with zero attached hydrogens (tertiary/aromatic N) is 1. The van der Waals surface area contributed by atoms with Crippen molar-refractivity contribution in [2.75, 3.05) is 26.7 Å². The number of nitrogens with one attached hydrogen (secondary N) is 1. The third kappa shape index (κ3) is 6.04. The molecule has 0 unspecified atom stereocenters. The first kappa shape index (κ1) is 16.5. The molecule has 112 valence electrons. The fourth-order valence-corrected chi connectivity index (χ4v) is 1.87. The van der Waals surface area contributed by atoms with Crippen LogP contribution in [0, 0.1) is 0 Å². The zero-order chi connectivity index (χ0) is 14.8. The molecule has 0 fully saturated rings. The summed E-state index contributed by atoms with van der Waals surface area (Å²) >= 11 is 0. The Kier molecular flexibility index (Phi) is 7.69. The van der Waals surface area contributed by atoms with Gasteiger partial charge in [0, 0.05) is 12.1 Å². The highest BCUT2D eigenvalue weighted by molar-refractivity contribution is 5.94. The number of rotatable bonds is 9. The molecule has 1 rings (SSSR count). The Bertz CT molecular complexity index is 410. The number of carbonyl (C=O) groups excluding carboxylic acids is 1. The third-order valence-electron chi connectivity index (χ3n) is 3.11. The van der Waals surface area contributed by atoms with Crippen LogP contribution in [-0.2, 0) is 0 Å². The number of hydrazine groups is 1. The maximum Gasteiger partial charge on any atom is 0.265 e. The predicted molar refractivity (Wildman–Crippen MR) is 80.6 cm³/mol. The van der Waals surface area contributed by atoms with Crippen LogP contribution in [0.2, 0.25) is 0 Å². The van der Waals surface area contributed by atoms with Gasteiger partial charge >= 0.3 is 0 Å². The van der Waals surface area contributed by atoms with E-state index in [-0.39, 0.29) is 5.91 Å². The highest BCUT2D eigenvalue weighted by atomic mass is 16.5. The van der Waals surface area contributed by atoms with E-state index >= 15 is 0 Å². The van der Waals surface area contributed by atoms with Gasteiger partial charge in [0.2, 0.25) is 0 Å². The van der Waals surface area contributed by atoms with Gasteiger partial charge in [0.05, 0.1) is 0 Å². The zero-order valence-corrected chi connectivity index (χ0v) is 12.4. The number of unbranched alkanes of at least 4 members (excludes halogenated alkanes) is 2. The Morgan fingerprint density at radius 3 is 2.85 bits per heavy atom. The number of nitrogen functional groups attached to an aromatic ring is 1. The summed E-state index contributed by atoms with van der Waals surface area (Å²) < 4.78 is 5.66. The van der Waals surface area contributed by atoms with E-state index in [1.807, 2.05) is 6.07 Å².